The van der Waals surface area contributed by atoms with Gasteiger partial charge in [0.1, 0.15) is 0 Å². The highest BCUT2D eigenvalue weighted by atomic mass is 16.5. The highest BCUT2D eigenvalue weighted by Gasteiger charge is 2.26. The minimum Gasteiger partial charge on any atom is -0.389 e. The Morgan fingerprint density at radius 1 is 1.10 bits per heavy atom. The molecule has 1 atom stereocenters. The molecule has 0 heterocycles. The molecule has 0 aromatic rings. The molecular weight excluding hydrogens is 254 g/mol. The van der Waals surface area contributed by atoms with Crippen LogP contribution >= 0.6 is 0 Å². The Labute approximate surface area is 124 Å². The van der Waals surface area contributed by atoms with Crippen molar-refractivity contribution >= 4 is 0 Å². The number of β-amino-alcohol motifs (C(OH)–C–C–N with tert-alkyl or cyclic N) is 1. The van der Waals surface area contributed by atoms with Gasteiger partial charge < -0.3 is 19.9 Å². The molecule has 120 valence electrons. The van der Waals surface area contributed by atoms with Crippen molar-refractivity contribution in [1.82, 2.24) is 5.32 Å². The van der Waals surface area contributed by atoms with Gasteiger partial charge in [0.05, 0.1) is 25.9 Å². The van der Waals surface area contributed by atoms with Crippen molar-refractivity contribution in [2.24, 2.45) is 0 Å². The van der Waals surface area contributed by atoms with Crippen LogP contribution in [-0.4, -0.2) is 49.7 Å². The molecule has 1 saturated carbocycles. The Morgan fingerprint density at radius 3 is 2.50 bits per heavy atom. The molecule has 0 spiro atoms. The maximum absolute atomic E-state index is 9.91. The van der Waals surface area contributed by atoms with E-state index in [-0.39, 0.29) is 5.54 Å². The van der Waals surface area contributed by atoms with Crippen molar-refractivity contribution in [3.05, 3.63) is 0 Å². The number of unbranched alkanes of at least 4 members (excludes halogenated alkanes) is 1. The average molecular weight is 287 g/mol. The number of ether oxygens (including phenoxy) is 2. The zero-order valence-corrected chi connectivity index (χ0v) is 13.3. The normalized spacial score (nSPS) is 19.9. The van der Waals surface area contributed by atoms with Gasteiger partial charge in [-0.15, -0.1) is 0 Å². The topological polar surface area (TPSA) is 50.7 Å². The van der Waals surface area contributed by atoms with E-state index in [1.165, 1.54) is 32.1 Å². The van der Waals surface area contributed by atoms with E-state index in [0.29, 0.717) is 26.4 Å². The number of rotatable bonds is 11. The van der Waals surface area contributed by atoms with Gasteiger partial charge in [0, 0.05) is 18.7 Å². The van der Waals surface area contributed by atoms with Crippen LogP contribution in [0.15, 0.2) is 0 Å². The lowest BCUT2D eigenvalue weighted by atomic mass is 9.83. The van der Waals surface area contributed by atoms with E-state index in [9.17, 15) is 5.11 Å². The Balaban J connectivity index is 1.96. The van der Waals surface area contributed by atoms with Gasteiger partial charge in [-0.05, 0) is 26.2 Å². The Morgan fingerprint density at radius 2 is 1.80 bits per heavy atom. The minimum absolute atomic E-state index is 0.211. The summed E-state index contributed by atoms with van der Waals surface area (Å²) in [4.78, 5) is 0. The molecular formula is C16H33NO3. The first-order valence-electron chi connectivity index (χ1n) is 8.25. The van der Waals surface area contributed by atoms with Crippen molar-refractivity contribution in [1.29, 1.82) is 0 Å². The van der Waals surface area contributed by atoms with E-state index >= 15 is 0 Å². The van der Waals surface area contributed by atoms with Gasteiger partial charge >= 0.3 is 0 Å². The molecule has 0 aromatic carbocycles. The van der Waals surface area contributed by atoms with E-state index in [1.807, 2.05) is 0 Å². The van der Waals surface area contributed by atoms with E-state index in [4.69, 9.17) is 9.47 Å². The molecule has 0 amide bonds. The predicted molar refractivity (Wildman–Crippen MR) is 82.0 cm³/mol. The number of nitrogens with one attached hydrogen (secondary N) is 1. The van der Waals surface area contributed by atoms with E-state index in [2.05, 4.69) is 19.2 Å². The zero-order chi connectivity index (χ0) is 14.7. The molecule has 4 nitrogen and oxygen atoms in total. The molecule has 0 aromatic heterocycles. The molecule has 20 heavy (non-hydrogen) atoms. The Kier molecular flexibility index (Phi) is 9.44. The van der Waals surface area contributed by atoms with Gasteiger partial charge in [0.2, 0.25) is 0 Å². The summed E-state index contributed by atoms with van der Waals surface area (Å²) < 4.78 is 10.8. The molecule has 0 bridgehead atoms. The smallest absolute Gasteiger partial charge is 0.0897 e. The molecule has 1 aliphatic carbocycles. The molecule has 2 N–H and O–H groups in total. The van der Waals surface area contributed by atoms with Crippen molar-refractivity contribution in [2.75, 3.05) is 33.0 Å². The van der Waals surface area contributed by atoms with Crippen molar-refractivity contribution in [2.45, 2.75) is 70.4 Å². The molecule has 0 aliphatic heterocycles. The van der Waals surface area contributed by atoms with Gasteiger partial charge in [-0.3, -0.25) is 0 Å². The summed E-state index contributed by atoms with van der Waals surface area (Å²) in [5.74, 6) is 0. The molecule has 1 fully saturated rings. The highest BCUT2D eigenvalue weighted by Crippen LogP contribution is 2.27. The fourth-order valence-electron chi connectivity index (χ4n) is 2.62. The summed E-state index contributed by atoms with van der Waals surface area (Å²) in [6.07, 6.45) is 8.20. The lowest BCUT2D eigenvalue weighted by molar-refractivity contribution is 0.00111. The Hall–Kier alpha value is -0.160. The number of aliphatic hydroxyl groups excluding tert-OH is 1. The lowest BCUT2D eigenvalue weighted by Crippen LogP contribution is -2.47. The molecule has 0 radical (unpaired) electrons. The highest BCUT2D eigenvalue weighted by molar-refractivity contribution is 4.86. The third-order valence-electron chi connectivity index (χ3n) is 4.05. The van der Waals surface area contributed by atoms with Crippen LogP contribution in [0.5, 0.6) is 0 Å². The first-order valence-corrected chi connectivity index (χ1v) is 8.25. The maximum Gasteiger partial charge on any atom is 0.0897 e. The summed E-state index contributed by atoms with van der Waals surface area (Å²) >= 11 is 0. The van der Waals surface area contributed by atoms with Gasteiger partial charge in [-0.1, -0.05) is 32.6 Å². The van der Waals surface area contributed by atoms with Gasteiger partial charge in [0.25, 0.3) is 0 Å². The van der Waals surface area contributed by atoms with Gasteiger partial charge in [0.15, 0.2) is 0 Å². The largest absolute Gasteiger partial charge is 0.389 e. The van der Waals surface area contributed by atoms with Crippen molar-refractivity contribution < 1.29 is 14.6 Å². The second-order valence-corrected chi connectivity index (χ2v) is 6.20. The molecule has 1 rings (SSSR count). The van der Waals surface area contributed by atoms with Crippen LogP contribution in [0.2, 0.25) is 0 Å². The lowest BCUT2D eigenvalue weighted by Gasteiger charge is -2.35. The summed E-state index contributed by atoms with van der Waals surface area (Å²) in [5.41, 5.74) is 0.211. The fraction of sp³-hybridized carbons (Fsp3) is 1.00. The zero-order valence-electron chi connectivity index (χ0n) is 13.3. The van der Waals surface area contributed by atoms with Gasteiger partial charge in [-0.25, -0.2) is 0 Å². The van der Waals surface area contributed by atoms with Crippen LogP contribution in [0.1, 0.15) is 58.8 Å². The van der Waals surface area contributed by atoms with E-state index < -0.39 is 6.10 Å². The standard InChI is InChI=1S/C16H33NO3/c1-3-4-10-19-11-12-20-14-15(18)13-17-16(2)8-6-5-7-9-16/h15,17-18H,3-14H2,1-2H3. The summed E-state index contributed by atoms with van der Waals surface area (Å²) in [6.45, 7) is 7.42. The monoisotopic (exact) mass is 287 g/mol. The number of hydrogen-bond donors (Lipinski definition) is 2. The summed E-state index contributed by atoms with van der Waals surface area (Å²) in [5, 5.41) is 13.4. The minimum atomic E-state index is -0.426. The SMILES string of the molecule is CCCCOCCOCC(O)CNC1(C)CCCCC1. The molecule has 4 heteroatoms. The van der Waals surface area contributed by atoms with Crippen LogP contribution in [0.4, 0.5) is 0 Å². The third-order valence-corrected chi connectivity index (χ3v) is 4.05. The molecule has 1 aliphatic rings. The van der Waals surface area contributed by atoms with Crippen LogP contribution < -0.4 is 5.32 Å². The Bertz CT molecular complexity index is 230. The predicted octanol–water partition coefficient (Wildman–Crippen LogP) is 2.49. The number of hydrogen-bond acceptors (Lipinski definition) is 4. The second kappa shape index (κ2) is 10.6. The van der Waals surface area contributed by atoms with E-state index in [0.717, 1.165) is 19.4 Å². The van der Waals surface area contributed by atoms with Gasteiger partial charge in [-0.2, -0.15) is 0 Å². The summed E-state index contributed by atoms with van der Waals surface area (Å²) in [6, 6.07) is 0. The summed E-state index contributed by atoms with van der Waals surface area (Å²) in [7, 11) is 0. The number of aliphatic hydroxyl groups is 1. The maximum atomic E-state index is 9.91. The molecule has 1 unspecified atom stereocenters. The van der Waals surface area contributed by atoms with Crippen LogP contribution in [-0.2, 0) is 9.47 Å². The van der Waals surface area contributed by atoms with Crippen LogP contribution in [0.3, 0.4) is 0 Å². The van der Waals surface area contributed by atoms with Crippen LogP contribution in [0.25, 0.3) is 0 Å². The first kappa shape index (κ1) is 17.9. The van der Waals surface area contributed by atoms with Crippen LogP contribution in [0, 0.1) is 0 Å². The third kappa shape index (κ3) is 8.20. The quantitative estimate of drug-likeness (QED) is 0.573. The second-order valence-electron chi connectivity index (χ2n) is 6.20. The average Bonchev–Trinajstić information content (AvgIpc) is 2.45. The first-order chi connectivity index (χ1) is 9.66. The van der Waals surface area contributed by atoms with Crippen molar-refractivity contribution in [3.63, 3.8) is 0 Å². The van der Waals surface area contributed by atoms with E-state index in [1.54, 1.807) is 0 Å². The van der Waals surface area contributed by atoms with Crippen molar-refractivity contribution in [3.8, 4) is 0 Å². The molecule has 0 saturated heterocycles. The fourth-order valence-corrected chi connectivity index (χ4v) is 2.62.